The number of ketones is 1. The van der Waals surface area contributed by atoms with Crippen molar-refractivity contribution in [1.29, 1.82) is 0 Å². The molecule has 0 aromatic heterocycles. The van der Waals surface area contributed by atoms with E-state index in [-0.39, 0.29) is 18.0 Å². The molecule has 0 N–H and O–H groups in total. The number of hydrogen-bond acceptors (Lipinski definition) is 2. The van der Waals surface area contributed by atoms with Crippen LogP contribution in [0.25, 0.3) is 0 Å². The largest absolute Gasteiger partial charge is 0.377 e. The number of Topliss-reactive ketones (excluding diaryl/α,β-unsaturated/α-hetero) is 1. The minimum Gasteiger partial charge on any atom is -0.377 e. The molecule has 0 amide bonds. The van der Waals surface area contributed by atoms with Gasteiger partial charge in [0, 0.05) is 18.6 Å². The number of hydrogen-bond donors (Lipinski definition) is 0. The molecular weight excluding hydrogens is 306 g/mol. The second kappa shape index (κ2) is 8.32. The number of benzene rings is 1. The monoisotopic (exact) mass is 320 g/mol. The van der Waals surface area contributed by atoms with Gasteiger partial charge in [0.2, 0.25) is 0 Å². The summed E-state index contributed by atoms with van der Waals surface area (Å²) in [5.74, 6) is -0.782. The molecule has 5 heteroatoms. The third-order valence-corrected chi connectivity index (χ3v) is 3.03. The summed E-state index contributed by atoms with van der Waals surface area (Å²) in [4.78, 5) is 11.0. The predicted molar refractivity (Wildman–Crippen MR) is 68.7 cm³/mol. The second-order valence-corrected chi connectivity index (χ2v) is 4.48. The van der Waals surface area contributed by atoms with E-state index in [0.717, 1.165) is 31.0 Å². The van der Waals surface area contributed by atoms with Gasteiger partial charge in [-0.15, -0.1) is 0 Å². The summed E-state index contributed by atoms with van der Waals surface area (Å²) < 4.78 is 31.3. The number of unbranched alkanes of at least 4 members (excludes halogenated alkanes) is 1. The highest BCUT2D eigenvalue weighted by atomic mass is 79.9. The van der Waals surface area contributed by atoms with Crippen molar-refractivity contribution in [3.63, 3.8) is 0 Å². The van der Waals surface area contributed by atoms with Gasteiger partial charge >= 0.3 is 0 Å². The van der Waals surface area contributed by atoms with Crippen molar-refractivity contribution in [3.8, 4) is 0 Å². The summed E-state index contributed by atoms with van der Waals surface area (Å²) in [6.07, 6.45) is 1.99. The molecule has 0 heterocycles. The van der Waals surface area contributed by atoms with E-state index in [1.54, 1.807) is 0 Å². The van der Waals surface area contributed by atoms with Crippen molar-refractivity contribution >= 4 is 21.7 Å². The molecule has 0 bridgehead atoms. The molecular formula is C13H15BrF2O2. The summed E-state index contributed by atoms with van der Waals surface area (Å²) in [6, 6.07) is 3.29. The molecule has 0 saturated heterocycles. The van der Waals surface area contributed by atoms with Gasteiger partial charge < -0.3 is 4.74 Å². The van der Waals surface area contributed by atoms with Crippen LogP contribution in [0.2, 0.25) is 0 Å². The number of carbonyl (C=O) groups is 1. The van der Waals surface area contributed by atoms with E-state index >= 15 is 0 Å². The number of rotatable bonds is 8. The van der Waals surface area contributed by atoms with E-state index in [4.69, 9.17) is 4.74 Å². The smallest absolute Gasteiger partial charge is 0.143 e. The number of carbonyl (C=O) groups excluding carboxylic acids is 1. The zero-order chi connectivity index (χ0) is 13.4. The third-order valence-electron chi connectivity index (χ3n) is 2.41. The highest BCUT2D eigenvalue weighted by Gasteiger charge is 2.04. The maximum Gasteiger partial charge on any atom is 0.143 e. The second-order valence-electron chi connectivity index (χ2n) is 3.92. The Morgan fingerprint density at radius 2 is 2.06 bits per heavy atom. The molecule has 0 saturated carbocycles. The molecule has 2 nitrogen and oxygen atoms in total. The summed E-state index contributed by atoms with van der Waals surface area (Å²) >= 11 is 3.08. The van der Waals surface area contributed by atoms with Crippen molar-refractivity contribution in [2.75, 3.05) is 11.9 Å². The first kappa shape index (κ1) is 15.2. The van der Waals surface area contributed by atoms with E-state index in [9.17, 15) is 13.6 Å². The third kappa shape index (κ3) is 5.69. The zero-order valence-corrected chi connectivity index (χ0v) is 11.5. The molecule has 18 heavy (non-hydrogen) atoms. The minimum absolute atomic E-state index is 0.0516. The summed E-state index contributed by atoms with van der Waals surface area (Å²) in [6.45, 7) is 0.488. The normalized spacial score (nSPS) is 10.6. The number of ether oxygens (including phenoxy) is 1. The van der Waals surface area contributed by atoms with Crippen LogP contribution in [-0.2, 0) is 16.1 Å². The van der Waals surface area contributed by atoms with Gasteiger partial charge in [0.1, 0.15) is 17.4 Å². The maximum absolute atomic E-state index is 13.2. The zero-order valence-electron chi connectivity index (χ0n) is 9.93. The first-order valence-electron chi connectivity index (χ1n) is 5.73. The summed E-state index contributed by atoms with van der Waals surface area (Å²) in [7, 11) is 0. The standard InChI is InChI=1S/C13H15BrF2O2/c14-8-12(17)3-1-2-6-18-9-10-7-11(15)4-5-13(10)16/h4-5,7H,1-3,6,8-9H2. The van der Waals surface area contributed by atoms with Gasteiger partial charge in [0.15, 0.2) is 0 Å². The van der Waals surface area contributed by atoms with E-state index in [1.807, 2.05) is 0 Å². The lowest BCUT2D eigenvalue weighted by molar-refractivity contribution is -0.116. The Morgan fingerprint density at radius 1 is 1.28 bits per heavy atom. The lowest BCUT2D eigenvalue weighted by Gasteiger charge is -2.05. The highest BCUT2D eigenvalue weighted by molar-refractivity contribution is 9.09. The fourth-order valence-electron chi connectivity index (χ4n) is 1.43. The first-order valence-corrected chi connectivity index (χ1v) is 6.85. The highest BCUT2D eigenvalue weighted by Crippen LogP contribution is 2.11. The van der Waals surface area contributed by atoms with Crippen LogP contribution in [0.3, 0.4) is 0 Å². The van der Waals surface area contributed by atoms with Crippen molar-refractivity contribution in [2.24, 2.45) is 0 Å². The molecule has 0 aliphatic carbocycles. The lowest BCUT2D eigenvalue weighted by Crippen LogP contribution is -2.01. The van der Waals surface area contributed by atoms with Crippen LogP contribution >= 0.6 is 15.9 Å². The van der Waals surface area contributed by atoms with Crippen molar-refractivity contribution in [3.05, 3.63) is 35.4 Å². The first-order chi connectivity index (χ1) is 8.63. The lowest BCUT2D eigenvalue weighted by atomic mass is 10.2. The fraction of sp³-hybridized carbons (Fsp3) is 0.462. The van der Waals surface area contributed by atoms with Crippen LogP contribution in [0, 0.1) is 11.6 Å². The minimum atomic E-state index is -0.474. The van der Waals surface area contributed by atoms with Gasteiger partial charge in [-0.25, -0.2) is 8.78 Å². The summed E-state index contributed by atoms with van der Waals surface area (Å²) in [5, 5.41) is 0.377. The number of halogens is 3. The quantitative estimate of drug-likeness (QED) is 0.540. The van der Waals surface area contributed by atoms with E-state index in [0.29, 0.717) is 18.4 Å². The van der Waals surface area contributed by atoms with Crippen LogP contribution in [0.1, 0.15) is 24.8 Å². The molecule has 1 aromatic carbocycles. The molecule has 100 valence electrons. The van der Waals surface area contributed by atoms with Crippen LogP contribution in [0.15, 0.2) is 18.2 Å². The average molecular weight is 321 g/mol. The van der Waals surface area contributed by atoms with Gasteiger partial charge in [0.25, 0.3) is 0 Å². The molecule has 0 atom stereocenters. The Labute approximate surface area is 113 Å². The molecule has 1 rings (SSSR count). The van der Waals surface area contributed by atoms with Gasteiger partial charge in [-0.2, -0.15) is 0 Å². The van der Waals surface area contributed by atoms with E-state index in [2.05, 4.69) is 15.9 Å². The molecule has 0 radical (unpaired) electrons. The topological polar surface area (TPSA) is 26.3 Å². The Kier molecular flexibility index (Phi) is 7.05. The Balaban J connectivity index is 2.18. The Morgan fingerprint density at radius 3 is 2.78 bits per heavy atom. The van der Waals surface area contributed by atoms with Crippen LogP contribution in [0.4, 0.5) is 8.78 Å². The van der Waals surface area contributed by atoms with Crippen LogP contribution in [0.5, 0.6) is 0 Å². The van der Waals surface area contributed by atoms with Crippen molar-refractivity contribution < 1.29 is 18.3 Å². The molecule has 0 aliphatic rings. The molecule has 0 unspecified atom stereocenters. The van der Waals surface area contributed by atoms with Crippen molar-refractivity contribution in [1.82, 2.24) is 0 Å². The SMILES string of the molecule is O=C(CBr)CCCCOCc1cc(F)ccc1F. The van der Waals surface area contributed by atoms with Crippen LogP contribution in [-0.4, -0.2) is 17.7 Å². The molecule has 1 aromatic rings. The fourth-order valence-corrected chi connectivity index (χ4v) is 1.71. The average Bonchev–Trinajstić information content (AvgIpc) is 2.37. The van der Waals surface area contributed by atoms with Gasteiger partial charge in [-0.3, -0.25) is 4.79 Å². The Hall–Kier alpha value is -0.810. The predicted octanol–water partition coefficient (Wildman–Crippen LogP) is 3.62. The van der Waals surface area contributed by atoms with E-state index < -0.39 is 11.6 Å². The van der Waals surface area contributed by atoms with E-state index in [1.165, 1.54) is 0 Å². The Bertz CT molecular complexity index is 397. The maximum atomic E-state index is 13.2. The van der Waals surface area contributed by atoms with Gasteiger partial charge in [-0.1, -0.05) is 15.9 Å². The van der Waals surface area contributed by atoms with Gasteiger partial charge in [0.05, 0.1) is 11.9 Å². The molecule has 0 spiro atoms. The summed E-state index contributed by atoms with van der Waals surface area (Å²) in [5.41, 5.74) is 0.214. The molecule has 0 fully saturated rings. The number of alkyl halides is 1. The molecule has 0 aliphatic heterocycles. The van der Waals surface area contributed by atoms with Crippen LogP contribution < -0.4 is 0 Å². The van der Waals surface area contributed by atoms with Gasteiger partial charge in [-0.05, 0) is 31.0 Å². The van der Waals surface area contributed by atoms with Crippen molar-refractivity contribution in [2.45, 2.75) is 25.9 Å².